The summed E-state index contributed by atoms with van der Waals surface area (Å²) in [5.74, 6) is -3.76. The fraction of sp³-hybridized carbons (Fsp3) is 0.538. The Morgan fingerprint density at radius 1 is 1.06 bits per heavy atom. The number of carbonyl (C=O) groups excluding carboxylic acids is 3. The van der Waals surface area contributed by atoms with Crippen LogP contribution >= 0.6 is 0 Å². The van der Waals surface area contributed by atoms with Crippen molar-refractivity contribution < 1.29 is 31.9 Å². The average molecular weight is 734 g/mol. The topological polar surface area (TPSA) is 148 Å². The lowest BCUT2D eigenvalue weighted by Gasteiger charge is -2.27. The van der Waals surface area contributed by atoms with Crippen molar-refractivity contribution in [3.63, 3.8) is 0 Å². The molecule has 7 rings (SSSR count). The minimum Gasteiger partial charge on any atom is -0.461 e. The summed E-state index contributed by atoms with van der Waals surface area (Å²) >= 11 is 0. The molecule has 1 unspecified atom stereocenters. The van der Waals surface area contributed by atoms with Gasteiger partial charge in [0, 0.05) is 29.6 Å². The molecule has 4 aliphatic rings. The Morgan fingerprint density at radius 3 is 2.54 bits per heavy atom. The van der Waals surface area contributed by atoms with Gasteiger partial charge in [-0.15, -0.1) is 0 Å². The van der Waals surface area contributed by atoms with Crippen molar-refractivity contribution in [3.05, 3.63) is 66.5 Å². The van der Waals surface area contributed by atoms with Gasteiger partial charge in [0.05, 0.1) is 27.7 Å². The van der Waals surface area contributed by atoms with E-state index in [4.69, 9.17) is 4.74 Å². The molecule has 3 fully saturated rings. The quantitative estimate of drug-likeness (QED) is 0.240. The number of rotatable bonds is 8. The molecule has 1 aromatic heterocycles. The zero-order valence-corrected chi connectivity index (χ0v) is 30.8. The van der Waals surface area contributed by atoms with Crippen LogP contribution in [0.1, 0.15) is 91.0 Å². The van der Waals surface area contributed by atoms with Crippen LogP contribution in [0.5, 0.6) is 6.01 Å². The smallest absolute Gasteiger partial charge is 0.297 e. The van der Waals surface area contributed by atoms with Crippen molar-refractivity contribution in [1.29, 1.82) is 0 Å². The minimum absolute atomic E-state index is 0.0752. The van der Waals surface area contributed by atoms with Gasteiger partial charge in [-0.3, -0.25) is 23.7 Å². The van der Waals surface area contributed by atoms with E-state index in [1.54, 1.807) is 13.0 Å². The lowest BCUT2D eigenvalue weighted by Crippen LogP contribution is -2.55. The van der Waals surface area contributed by atoms with E-state index in [2.05, 4.69) is 20.3 Å². The van der Waals surface area contributed by atoms with Crippen LogP contribution in [0.15, 0.2) is 60.7 Å². The maximum Gasteiger partial charge on any atom is 0.297 e. The highest BCUT2D eigenvalue weighted by molar-refractivity contribution is 7.91. The Bertz CT molecular complexity index is 1990. The van der Waals surface area contributed by atoms with Crippen molar-refractivity contribution in [2.75, 3.05) is 5.32 Å². The number of imidazole rings is 1. The number of carbonyl (C=O) groups is 3. The number of ether oxygens (including phenoxy) is 1. The van der Waals surface area contributed by atoms with Gasteiger partial charge in [-0.1, -0.05) is 43.2 Å². The highest BCUT2D eigenvalue weighted by Gasteiger charge is 2.63. The summed E-state index contributed by atoms with van der Waals surface area (Å²) in [6.45, 7) is 5.55. The molecule has 2 amide bonds. The monoisotopic (exact) mass is 733 g/mol. The number of benzene rings is 2. The third kappa shape index (κ3) is 7.08. The average Bonchev–Trinajstić information content (AvgIpc) is 3.92. The SMILES string of the molecule is CC(C)n1c(O[C@H]2CC3C(=O)[C@@H](Nc4ccccc4)CCCCCC=C[C@@H]4C[C@@]4(C(=O)NS(=O)(=O)C4(C)CC4)NC(=O)[C@@H]3C2)nc2cc(F)ccc21. The summed E-state index contributed by atoms with van der Waals surface area (Å²) in [4.78, 5) is 47.6. The second-order valence-corrected chi connectivity index (χ2v) is 17.8. The van der Waals surface area contributed by atoms with E-state index in [0.29, 0.717) is 30.3 Å². The summed E-state index contributed by atoms with van der Waals surface area (Å²) in [6.07, 6.45) is 8.82. The number of halogens is 1. The first kappa shape index (κ1) is 36.1. The summed E-state index contributed by atoms with van der Waals surface area (Å²) < 4.78 is 50.1. The van der Waals surface area contributed by atoms with E-state index in [9.17, 15) is 27.2 Å². The van der Waals surface area contributed by atoms with Crippen LogP contribution in [0.3, 0.4) is 0 Å². The number of anilines is 1. The van der Waals surface area contributed by atoms with E-state index in [-0.39, 0.29) is 43.0 Å². The number of para-hydroxylation sites is 1. The molecule has 13 heteroatoms. The van der Waals surface area contributed by atoms with Gasteiger partial charge >= 0.3 is 0 Å². The molecule has 0 radical (unpaired) electrons. The molecule has 3 aliphatic carbocycles. The Labute approximate surface area is 304 Å². The van der Waals surface area contributed by atoms with Gasteiger partial charge in [-0.25, -0.2) is 12.8 Å². The molecule has 2 aromatic carbocycles. The lowest BCUT2D eigenvalue weighted by atomic mass is 9.85. The molecule has 0 bridgehead atoms. The van der Waals surface area contributed by atoms with Crippen LogP contribution in [0.4, 0.5) is 10.1 Å². The van der Waals surface area contributed by atoms with Crippen LogP contribution in [-0.2, 0) is 24.4 Å². The minimum atomic E-state index is -3.95. The predicted octanol–water partition coefficient (Wildman–Crippen LogP) is 5.97. The maximum atomic E-state index is 14.6. The number of fused-ring (bicyclic) bond motifs is 3. The Kier molecular flexibility index (Phi) is 9.68. The van der Waals surface area contributed by atoms with Crippen LogP contribution in [0, 0.1) is 23.6 Å². The fourth-order valence-corrected chi connectivity index (χ4v) is 9.19. The van der Waals surface area contributed by atoms with Gasteiger partial charge in [0.2, 0.25) is 15.9 Å². The second-order valence-electron chi connectivity index (χ2n) is 15.6. The maximum absolute atomic E-state index is 14.6. The van der Waals surface area contributed by atoms with E-state index < -0.39 is 61.9 Å². The number of allylic oxidation sites excluding steroid dienone is 1. The first-order valence-electron chi connectivity index (χ1n) is 18.6. The molecule has 2 heterocycles. The van der Waals surface area contributed by atoms with Crippen molar-refractivity contribution in [2.24, 2.45) is 17.8 Å². The normalized spacial score (nSPS) is 29.0. The summed E-state index contributed by atoms with van der Waals surface area (Å²) in [7, 11) is -3.95. The van der Waals surface area contributed by atoms with Crippen LogP contribution in [0.2, 0.25) is 0 Å². The number of aromatic nitrogens is 2. The molecule has 1 aliphatic heterocycles. The third-order valence-electron chi connectivity index (χ3n) is 11.4. The Balaban J connectivity index is 1.21. The standard InChI is InChI=1S/C39H48FN5O6S/c1-24(2)45-33-17-16-26(40)20-32(33)42-37(45)51-28-21-29-30(22-28)35(47)43-39(36(48)44-52(49,50)38(3)18-19-38)23-25(39)12-8-5-4-6-11-15-31(34(29)46)41-27-13-9-7-10-14-27/h7-10,12-14,16-17,20,24-25,28-31,41H,4-6,11,15,18-19,21-23H2,1-3H3,(H,43,47)(H,44,48)/t25-,28+,29?,30-,31+,39-/m1/s1. The van der Waals surface area contributed by atoms with Crippen molar-refractivity contribution in [1.82, 2.24) is 19.6 Å². The molecule has 278 valence electrons. The summed E-state index contributed by atoms with van der Waals surface area (Å²) in [5, 5.41) is 6.40. The number of hydrogen-bond acceptors (Lipinski definition) is 8. The highest BCUT2D eigenvalue weighted by Crippen LogP contribution is 2.48. The zero-order chi connectivity index (χ0) is 36.8. The van der Waals surface area contributed by atoms with Gasteiger partial charge in [0.15, 0.2) is 5.78 Å². The molecular weight excluding hydrogens is 686 g/mol. The van der Waals surface area contributed by atoms with E-state index in [1.807, 2.05) is 60.9 Å². The second kappa shape index (κ2) is 13.9. The van der Waals surface area contributed by atoms with Gasteiger partial charge in [-0.2, -0.15) is 4.98 Å². The van der Waals surface area contributed by atoms with Gasteiger partial charge in [-0.05, 0) is 96.4 Å². The number of nitrogens with one attached hydrogen (secondary N) is 3. The van der Waals surface area contributed by atoms with Crippen molar-refractivity contribution >= 4 is 44.3 Å². The van der Waals surface area contributed by atoms with Crippen LogP contribution < -0.4 is 20.1 Å². The number of nitrogens with zero attached hydrogens (tertiary/aromatic N) is 2. The van der Waals surface area contributed by atoms with Gasteiger partial charge < -0.3 is 15.4 Å². The zero-order valence-electron chi connectivity index (χ0n) is 29.9. The van der Waals surface area contributed by atoms with Crippen molar-refractivity contribution in [2.45, 2.75) is 113 Å². The summed E-state index contributed by atoms with van der Waals surface area (Å²) in [6, 6.07) is 13.5. The molecule has 0 spiro atoms. The lowest BCUT2D eigenvalue weighted by molar-refractivity contribution is -0.135. The van der Waals surface area contributed by atoms with Crippen LogP contribution in [0.25, 0.3) is 11.0 Å². The number of sulfonamides is 1. The Hall–Kier alpha value is -4.26. The predicted molar refractivity (Wildman–Crippen MR) is 195 cm³/mol. The van der Waals surface area contributed by atoms with E-state index in [1.165, 1.54) is 12.1 Å². The largest absolute Gasteiger partial charge is 0.461 e. The summed E-state index contributed by atoms with van der Waals surface area (Å²) in [5.41, 5.74) is 0.493. The fourth-order valence-electron chi connectivity index (χ4n) is 7.88. The number of hydrogen-bond donors (Lipinski definition) is 3. The van der Waals surface area contributed by atoms with Crippen LogP contribution in [-0.4, -0.2) is 58.0 Å². The van der Waals surface area contributed by atoms with Crippen molar-refractivity contribution in [3.8, 4) is 6.01 Å². The molecule has 0 saturated heterocycles. The molecule has 6 atom stereocenters. The third-order valence-corrected chi connectivity index (χ3v) is 13.6. The molecule has 11 nitrogen and oxygen atoms in total. The number of amides is 2. The molecule has 3 aromatic rings. The van der Waals surface area contributed by atoms with Gasteiger partial charge in [0.25, 0.3) is 11.9 Å². The van der Waals surface area contributed by atoms with E-state index >= 15 is 0 Å². The van der Waals surface area contributed by atoms with Gasteiger partial charge in [0.1, 0.15) is 17.5 Å². The number of ketones is 1. The molecule has 3 N–H and O–H groups in total. The first-order chi connectivity index (χ1) is 24.8. The molecule has 52 heavy (non-hydrogen) atoms. The highest BCUT2D eigenvalue weighted by atomic mass is 32.2. The molecule has 3 saturated carbocycles. The first-order valence-corrected chi connectivity index (χ1v) is 20.0. The molecular formula is C39H48FN5O6S. The number of Topliss-reactive ketones (excluding diaryl/α,β-unsaturated/α-hetero) is 1. The Morgan fingerprint density at radius 2 is 1.81 bits per heavy atom. The van der Waals surface area contributed by atoms with E-state index in [0.717, 1.165) is 31.4 Å².